The molecule has 0 radical (unpaired) electrons. The van der Waals surface area contributed by atoms with Crippen LogP contribution in [-0.4, -0.2) is 27.9 Å². The van der Waals surface area contributed by atoms with Crippen LogP contribution in [0.3, 0.4) is 0 Å². The number of carbonyl (C=O) groups is 1. The van der Waals surface area contributed by atoms with E-state index in [9.17, 15) is 4.79 Å². The molecule has 2 atom stereocenters. The van der Waals surface area contributed by atoms with Crippen molar-refractivity contribution in [1.29, 1.82) is 0 Å². The van der Waals surface area contributed by atoms with Gasteiger partial charge < -0.3 is 0 Å². The summed E-state index contributed by atoms with van der Waals surface area (Å²) < 4.78 is -0.0981. The van der Waals surface area contributed by atoms with E-state index in [0.29, 0.717) is 0 Å². The molecule has 60 valence electrons. The zero-order valence-electron chi connectivity index (χ0n) is 6.34. The van der Waals surface area contributed by atoms with Crippen LogP contribution < -0.4 is 0 Å². The van der Waals surface area contributed by atoms with Crippen molar-refractivity contribution < 1.29 is 9.90 Å². The molecular weight excluding hydrogens is 191 g/mol. The van der Waals surface area contributed by atoms with Crippen LogP contribution in [0.25, 0.3) is 0 Å². The van der Waals surface area contributed by atoms with Crippen molar-refractivity contribution in [2.24, 2.45) is 0 Å². The van der Waals surface area contributed by atoms with Crippen LogP contribution in [0.4, 0.5) is 0 Å². The number of aliphatic carboxylic acids is 1. The topological polar surface area (TPSA) is 37.3 Å². The molecule has 0 saturated carbocycles. The minimum atomic E-state index is -0.642. The monoisotopic (exact) mass is 206 g/mol. The summed E-state index contributed by atoms with van der Waals surface area (Å²) in [6, 6.07) is 0. The summed E-state index contributed by atoms with van der Waals surface area (Å²) in [5, 5.41) is 8.50. The van der Waals surface area contributed by atoms with Crippen LogP contribution in [-0.2, 0) is 4.79 Å². The summed E-state index contributed by atoms with van der Waals surface area (Å²) in [6.07, 6.45) is 4.24. The molecule has 0 aromatic carbocycles. The SMILES string of the molecule is CCCCCC([AsH2])C(=O)O. The van der Waals surface area contributed by atoms with E-state index < -0.39 is 5.97 Å². The van der Waals surface area contributed by atoms with Crippen molar-refractivity contribution in [3.63, 3.8) is 0 Å². The molecule has 0 saturated heterocycles. The third-order valence-electron chi connectivity index (χ3n) is 1.44. The standard InChI is InChI=1S/C7H15AsO2/c1-2-3-4-5-6(8)7(9)10/h6H,2-5,8H2,1H3,(H,9,10). The number of unbranched alkanes of at least 4 members (excludes halogenated alkanes) is 2. The number of carboxylic acids is 1. The Morgan fingerprint density at radius 3 is 2.60 bits per heavy atom. The molecule has 0 heterocycles. The van der Waals surface area contributed by atoms with Crippen LogP contribution >= 0.6 is 0 Å². The van der Waals surface area contributed by atoms with Gasteiger partial charge in [0, 0.05) is 0 Å². The van der Waals surface area contributed by atoms with E-state index in [0.717, 1.165) is 19.3 Å². The first-order valence-corrected chi connectivity index (χ1v) is 5.06. The molecule has 2 nitrogen and oxygen atoms in total. The normalized spacial score (nSPS) is 13.0. The second kappa shape index (κ2) is 5.79. The van der Waals surface area contributed by atoms with Gasteiger partial charge in [0.1, 0.15) is 0 Å². The Morgan fingerprint density at radius 2 is 2.20 bits per heavy atom. The average Bonchev–Trinajstić information content (AvgIpc) is 1.88. The van der Waals surface area contributed by atoms with Gasteiger partial charge in [-0.2, -0.15) is 0 Å². The van der Waals surface area contributed by atoms with E-state index in [1.165, 1.54) is 23.3 Å². The molecule has 0 fully saturated rings. The van der Waals surface area contributed by atoms with Crippen LogP contribution in [0.2, 0.25) is 4.71 Å². The number of hydrogen-bond acceptors (Lipinski definition) is 1. The maximum atomic E-state index is 10.3. The van der Waals surface area contributed by atoms with Crippen LogP contribution in [0.1, 0.15) is 32.6 Å². The molecule has 3 heteroatoms. The molecule has 10 heavy (non-hydrogen) atoms. The maximum absolute atomic E-state index is 10.3. The van der Waals surface area contributed by atoms with Gasteiger partial charge in [-0.3, -0.25) is 0 Å². The Kier molecular flexibility index (Phi) is 5.80. The zero-order chi connectivity index (χ0) is 7.98. The van der Waals surface area contributed by atoms with Gasteiger partial charge in [-0.25, -0.2) is 0 Å². The predicted molar refractivity (Wildman–Crippen MR) is 44.1 cm³/mol. The van der Waals surface area contributed by atoms with Gasteiger partial charge in [0.2, 0.25) is 0 Å². The molecular formula is C7H15AsO2. The van der Waals surface area contributed by atoms with Gasteiger partial charge in [0.15, 0.2) is 0 Å². The first kappa shape index (κ1) is 10.0. The molecule has 0 aliphatic rings. The summed E-state index contributed by atoms with van der Waals surface area (Å²) in [4.78, 5) is 10.3. The van der Waals surface area contributed by atoms with Crippen LogP contribution in [0.15, 0.2) is 0 Å². The molecule has 0 rings (SSSR count). The van der Waals surface area contributed by atoms with E-state index in [1.807, 2.05) is 0 Å². The van der Waals surface area contributed by atoms with E-state index in [-0.39, 0.29) is 4.71 Å². The fourth-order valence-corrected chi connectivity index (χ4v) is 1.23. The fourth-order valence-electron chi connectivity index (χ4n) is 0.738. The van der Waals surface area contributed by atoms with Crippen molar-refractivity contribution in [2.45, 2.75) is 37.3 Å². The van der Waals surface area contributed by atoms with Crippen LogP contribution in [0.5, 0.6) is 0 Å². The summed E-state index contributed by atoms with van der Waals surface area (Å²) in [5.74, 6) is -0.642. The van der Waals surface area contributed by atoms with E-state index in [2.05, 4.69) is 6.92 Å². The molecule has 0 bridgehead atoms. The van der Waals surface area contributed by atoms with Crippen molar-refractivity contribution in [2.75, 3.05) is 0 Å². The third kappa shape index (κ3) is 4.87. The Labute approximate surface area is 70.5 Å². The van der Waals surface area contributed by atoms with E-state index >= 15 is 0 Å². The summed E-state index contributed by atoms with van der Waals surface area (Å²) >= 11 is 1.32. The molecule has 0 aliphatic heterocycles. The Morgan fingerprint density at radius 1 is 1.60 bits per heavy atom. The second-order valence-electron chi connectivity index (χ2n) is 2.44. The van der Waals surface area contributed by atoms with Gasteiger partial charge in [-0.05, 0) is 0 Å². The van der Waals surface area contributed by atoms with Gasteiger partial charge in [0.05, 0.1) is 0 Å². The summed E-state index contributed by atoms with van der Waals surface area (Å²) in [5.41, 5.74) is 0. The molecule has 0 aromatic heterocycles. The number of hydrogen-bond donors (Lipinski definition) is 1. The third-order valence-corrected chi connectivity index (χ3v) is 2.73. The van der Waals surface area contributed by atoms with E-state index in [1.54, 1.807) is 0 Å². The Hall–Kier alpha value is 0.0284. The van der Waals surface area contributed by atoms with Crippen molar-refractivity contribution in [3.8, 4) is 0 Å². The average molecular weight is 206 g/mol. The number of rotatable bonds is 5. The molecule has 0 spiro atoms. The van der Waals surface area contributed by atoms with E-state index in [4.69, 9.17) is 5.11 Å². The number of carboxylic acid groups (broad SMARTS) is 1. The van der Waals surface area contributed by atoms with Gasteiger partial charge in [-0.1, -0.05) is 0 Å². The molecule has 0 amide bonds. The van der Waals surface area contributed by atoms with Crippen molar-refractivity contribution in [3.05, 3.63) is 0 Å². The Balaban J connectivity index is 3.21. The van der Waals surface area contributed by atoms with Gasteiger partial charge >= 0.3 is 70.0 Å². The predicted octanol–water partition coefficient (Wildman–Crippen LogP) is 1.07. The van der Waals surface area contributed by atoms with Crippen LogP contribution in [0, 0.1) is 0 Å². The molecule has 0 aromatic rings. The first-order chi connectivity index (χ1) is 4.68. The second-order valence-corrected chi connectivity index (χ2v) is 4.13. The van der Waals surface area contributed by atoms with Gasteiger partial charge in [0.25, 0.3) is 0 Å². The van der Waals surface area contributed by atoms with Crippen molar-refractivity contribution in [1.82, 2.24) is 0 Å². The van der Waals surface area contributed by atoms with Gasteiger partial charge in [-0.15, -0.1) is 0 Å². The fraction of sp³-hybridized carbons (Fsp3) is 0.857. The van der Waals surface area contributed by atoms with Crippen molar-refractivity contribution >= 4 is 22.8 Å². The zero-order valence-corrected chi connectivity index (χ0v) is 8.76. The molecule has 1 N–H and O–H groups in total. The summed E-state index contributed by atoms with van der Waals surface area (Å²) in [6.45, 7) is 2.12. The first-order valence-electron chi connectivity index (χ1n) is 3.67. The molecule has 2 unspecified atom stereocenters. The quantitative estimate of drug-likeness (QED) is 0.539. The summed E-state index contributed by atoms with van der Waals surface area (Å²) in [7, 11) is 0. The Bertz CT molecular complexity index is 104. The molecule has 0 aliphatic carbocycles. The minimum absolute atomic E-state index is 0.0981.